The summed E-state index contributed by atoms with van der Waals surface area (Å²) in [4.78, 5) is 81.2. The predicted molar refractivity (Wildman–Crippen MR) is 186 cm³/mol. The predicted octanol–water partition coefficient (Wildman–Crippen LogP) is -2.90. The highest BCUT2D eigenvalue weighted by molar-refractivity contribution is 5.96. The number of hydrogen-bond donors (Lipinski definition) is 11. The molecule has 18 nitrogen and oxygen atoms in total. The lowest BCUT2D eigenvalue weighted by Crippen LogP contribution is -2.60. The minimum absolute atomic E-state index is 0.0334. The number of amides is 5. The summed E-state index contributed by atoms with van der Waals surface area (Å²) in [5.74, 6) is -5.67. The van der Waals surface area contributed by atoms with E-state index in [0.29, 0.717) is 11.1 Å². The van der Waals surface area contributed by atoms with Gasteiger partial charge in [0.15, 0.2) is 5.96 Å². The van der Waals surface area contributed by atoms with Gasteiger partial charge in [-0.15, -0.1) is 0 Å². The number of carboxylic acids is 1. The highest BCUT2D eigenvalue weighted by Gasteiger charge is 2.32. The monoisotopic (exact) mass is 713 g/mol. The lowest BCUT2D eigenvalue weighted by Gasteiger charge is -2.26. The summed E-state index contributed by atoms with van der Waals surface area (Å²) in [7, 11) is 0. The second-order valence-electron chi connectivity index (χ2n) is 11.8. The Hall–Kier alpha value is -5.75. The van der Waals surface area contributed by atoms with Crippen LogP contribution in [0.4, 0.5) is 0 Å². The minimum atomic E-state index is -1.58. The van der Waals surface area contributed by atoms with Gasteiger partial charge in [0.05, 0.1) is 12.6 Å². The van der Waals surface area contributed by atoms with E-state index in [1.54, 1.807) is 30.3 Å². The Balaban J connectivity index is 2.31. The standard InChI is InChI=1S/C33H47N9O9/c1-18(34)27(45)40-25(15-20-7-4-3-5-8-20)30(48)42-26(17-43)31(49)39-23(9-6-14-37-33(35)36)28(46)41-24(29(47)38-19(2)32(50)51)16-21-10-12-22(44)13-11-21/h3-5,7-8,10-13,18-19,23-26,43-44H,6,9,14-17,34H2,1-2H3,(H,38,47)(H,39,49)(H,40,45)(H,41,46)(H,42,48)(H,50,51)(H4,35,36,37)/t18-,19-,23-,24-,25-,26-/m0/s1. The summed E-state index contributed by atoms with van der Waals surface area (Å²) >= 11 is 0. The van der Waals surface area contributed by atoms with E-state index in [-0.39, 0.29) is 43.9 Å². The van der Waals surface area contributed by atoms with E-state index < -0.39 is 78.4 Å². The molecule has 0 saturated carbocycles. The first kappa shape index (κ1) is 41.4. The van der Waals surface area contributed by atoms with Gasteiger partial charge in [-0.05, 0) is 49.9 Å². The number of carboxylic acid groups (broad SMARTS) is 1. The number of guanidine groups is 1. The first-order chi connectivity index (χ1) is 24.1. The van der Waals surface area contributed by atoms with Crippen molar-refractivity contribution < 1.29 is 44.1 Å². The van der Waals surface area contributed by atoms with Crippen LogP contribution in [0.15, 0.2) is 59.6 Å². The van der Waals surface area contributed by atoms with Crippen LogP contribution in [0.5, 0.6) is 5.75 Å². The number of carbonyl (C=O) groups excluding carboxylic acids is 5. The van der Waals surface area contributed by atoms with Crippen LogP contribution >= 0.6 is 0 Å². The van der Waals surface area contributed by atoms with Crippen LogP contribution in [0.3, 0.4) is 0 Å². The van der Waals surface area contributed by atoms with Crippen LogP contribution in [0.1, 0.15) is 37.8 Å². The number of nitrogens with one attached hydrogen (secondary N) is 5. The van der Waals surface area contributed by atoms with Crippen molar-refractivity contribution in [3.63, 3.8) is 0 Å². The van der Waals surface area contributed by atoms with Gasteiger partial charge < -0.3 is 59.1 Å². The van der Waals surface area contributed by atoms with Gasteiger partial charge in [0.25, 0.3) is 0 Å². The number of aliphatic imine (C=N–C) groups is 1. The van der Waals surface area contributed by atoms with E-state index in [0.717, 1.165) is 0 Å². The molecule has 0 saturated heterocycles. The van der Waals surface area contributed by atoms with Crippen molar-refractivity contribution in [1.29, 1.82) is 0 Å². The Labute approximate surface area is 294 Å². The molecule has 0 spiro atoms. The number of phenolic OH excluding ortho intramolecular Hbond substituents is 1. The molecule has 2 rings (SSSR count). The molecule has 0 unspecified atom stereocenters. The Morgan fingerprint density at radius 2 is 1.16 bits per heavy atom. The van der Waals surface area contributed by atoms with E-state index in [4.69, 9.17) is 17.2 Å². The topological polar surface area (TPSA) is 314 Å². The molecule has 2 aromatic carbocycles. The van der Waals surface area contributed by atoms with Crippen molar-refractivity contribution in [2.75, 3.05) is 13.2 Å². The van der Waals surface area contributed by atoms with Gasteiger partial charge in [-0.1, -0.05) is 42.5 Å². The molecule has 0 aliphatic heterocycles. The first-order valence-corrected chi connectivity index (χ1v) is 16.1. The largest absolute Gasteiger partial charge is 0.508 e. The number of aliphatic hydroxyl groups excluding tert-OH is 1. The van der Waals surface area contributed by atoms with Crippen molar-refractivity contribution >= 4 is 41.5 Å². The molecule has 18 heteroatoms. The number of carbonyl (C=O) groups is 6. The second kappa shape index (κ2) is 20.7. The van der Waals surface area contributed by atoms with Crippen LogP contribution in [-0.2, 0) is 41.6 Å². The van der Waals surface area contributed by atoms with E-state index in [1.807, 2.05) is 0 Å². The highest BCUT2D eigenvalue weighted by atomic mass is 16.4. The first-order valence-electron chi connectivity index (χ1n) is 16.1. The van der Waals surface area contributed by atoms with Crippen LogP contribution in [-0.4, -0.2) is 106 Å². The fourth-order valence-electron chi connectivity index (χ4n) is 4.60. The van der Waals surface area contributed by atoms with Gasteiger partial charge in [-0.25, -0.2) is 0 Å². The third kappa shape index (κ3) is 14.7. The number of rotatable bonds is 20. The molecule has 0 aliphatic carbocycles. The summed E-state index contributed by atoms with van der Waals surface area (Å²) in [6.07, 6.45) is 0.0101. The third-order valence-electron chi connectivity index (χ3n) is 7.46. The Bertz CT molecular complexity index is 1520. The van der Waals surface area contributed by atoms with E-state index in [2.05, 4.69) is 31.6 Å². The number of hydrogen-bond acceptors (Lipinski definition) is 10. The molecule has 0 aliphatic rings. The highest BCUT2D eigenvalue weighted by Crippen LogP contribution is 2.12. The normalized spacial score (nSPS) is 14.3. The van der Waals surface area contributed by atoms with Gasteiger partial charge in [0.1, 0.15) is 36.0 Å². The minimum Gasteiger partial charge on any atom is -0.508 e. The van der Waals surface area contributed by atoms with Gasteiger partial charge in [0, 0.05) is 19.4 Å². The smallest absolute Gasteiger partial charge is 0.325 e. The molecular weight excluding hydrogens is 666 g/mol. The molecule has 278 valence electrons. The molecule has 0 heterocycles. The van der Waals surface area contributed by atoms with Crippen LogP contribution in [0, 0.1) is 0 Å². The molecule has 2 aromatic rings. The summed E-state index contributed by atoms with van der Waals surface area (Å²) in [5.41, 5.74) is 17.7. The quantitative estimate of drug-likeness (QED) is 0.0374. The van der Waals surface area contributed by atoms with Crippen molar-refractivity contribution in [1.82, 2.24) is 26.6 Å². The zero-order valence-electron chi connectivity index (χ0n) is 28.4. The summed E-state index contributed by atoms with van der Waals surface area (Å²) in [6.45, 7) is 1.84. The molecule has 0 fully saturated rings. The molecule has 14 N–H and O–H groups in total. The molecular formula is C33H47N9O9. The van der Waals surface area contributed by atoms with E-state index in [9.17, 15) is 44.1 Å². The van der Waals surface area contributed by atoms with E-state index in [1.165, 1.54) is 38.1 Å². The van der Waals surface area contributed by atoms with Crippen molar-refractivity contribution in [3.8, 4) is 5.75 Å². The molecule has 0 bridgehead atoms. The molecule has 0 aromatic heterocycles. The number of aliphatic carboxylic acids is 1. The molecule has 5 amide bonds. The Kier molecular flexibility index (Phi) is 16.8. The molecule has 0 radical (unpaired) electrons. The number of phenols is 1. The Morgan fingerprint density at radius 1 is 0.686 bits per heavy atom. The number of nitrogens with zero attached hydrogens (tertiary/aromatic N) is 1. The van der Waals surface area contributed by atoms with Crippen molar-refractivity contribution in [2.45, 2.75) is 75.8 Å². The Morgan fingerprint density at radius 3 is 1.69 bits per heavy atom. The summed E-state index contributed by atoms with van der Waals surface area (Å²) < 4.78 is 0. The second-order valence-corrected chi connectivity index (χ2v) is 11.8. The van der Waals surface area contributed by atoms with Crippen LogP contribution < -0.4 is 43.8 Å². The van der Waals surface area contributed by atoms with Crippen LogP contribution in [0.25, 0.3) is 0 Å². The maximum Gasteiger partial charge on any atom is 0.325 e. The SMILES string of the molecule is C[C@H](N)C(=O)N[C@@H](Cc1ccccc1)C(=O)N[C@@H](CO)C(=O)N[C@@H](CCCN=C(N)N)C(=O)N[C@@H](Cc1ccc(O)cc1)C(=O)N[C@@H](C)C(=O)O. The maximum atomic E-state index is 13.7. The fourth-order valence-corrected chi connectivity index (χ4v) is 4.60. The average Bonchev–Trinajstić information content (AvgIpc) is 3.08. The van der Waals surface area contributed by atoms with Gasteiger partial charge in [-0.3, -0.25) is 33.8 Å². The number of aromatic hydroxyl groups is 1. The maximum absolute atomic E-state index is 13.7. The molecule has 6 atom stereocenters. The number of aliphatic hydroxyl groups is 1. The zero-order chi connectivity index (χ0) is 38.1. The van der Waals surface area contributed by atoms with Crippen LogP contribution in [0.2, 0.25) is 0 Å². The molecule has 51 heavy (non-hydrogen) atoms. The van der Waals surface area contributed by atoms with Gasteiger partial charge in [0.2, 0.25) is 29.5 Å². The van der Waals surface area contributed by atoms with E-state index >= 15 is 0 Å². The number of nitrogens with two attached hydrogens (primary N) is 3. The summed E-state index contributed by atoms with van der Waals surface area (Å²) in [6, 6.07) is 6.78. The van der Waals surface area contributed by atoms with Gasteiger partial charge in [-0.2, -0.15) is 0 Å². The lowest BCUT2D eigenvalue weighted by atomic mass is 10.0. The zero-order valence-corrected chi connectivity index (χ0v) is 28.4. The van der Waals surface area contributed by atoms with Gasteiger partial charge >= 0.3 is 5.97 Å². The van der Waals surface area contributed by atoms with Crippen molar-refractivity contribution in [3.05, 3.63) is 65.7 Å². The summed E-state index contributed by atoms with van der Waals surface area (Å²) in [5, 5.41) is 41.3. The third-order valence-corrected chi connectivity index (χ3v) is 7.46. The average molecular weight is 714 g/mol. The lowest BCUT2D eigenvalue weighted by molar-refractivity contribution is -0.141. The number of benzene rings is 2. The van der Waals surface area contributed by atoms with Crippen molar-refractivity contribution in [2.24, 2.45) is 22.2 Å². The fraction of sp³-hybridized carbons (Fsp3) is 0.424.